The van der Waals surface area contributed by atoms with Crippen LogP contribution in [0.25, 0.3) is 0 Å². The van der Waals surface area contributed by atoms with Gasteiger partial charge < -0.3 is 15.3 Å². The molecule has 3 unspecified atom stereocenters. The third-order valence-corrected chi connectivity index (χ3v) is 4.07. The summed E-state index contributed by atoms with van der Waals surface area (Å²) < 4.78 is 0. The molecule has 1 aliphatic carbocycles. The molecule has 0 aromatic carbocycles. The van der Waals surface area contributed by atoms with Gasteiger partial charge in [0.15, 0.2) is 0 Å². The highest BCUT2D eigenvalue weighted by atomic mass is 16.4. The number of carboxylic acids is 1. The highest BCUT2D eigenvalue weighted by Gasteiger charge is 2.40. The van der Waals surface area contributed by atoms with E-state index >= 15 is 0 Å². The summed E-state index contributed by atoms with van der Waals surface area (Å²) in [6.45, 7) is 2.74. The Bertz CT molecular complexity index is 446. The molecule has 0 aromatic heterocycles. The Balaban J connectivity index is 2.18. The van der Waals surface area contributed by atoms with Crippen LogP contribution in [-0.2, 0) is 14.4 Å². The monoisotopic (exact) mass is 280 g/mol. The van der Waals surface area contributed by atoms with Crippen LogP contribution in [0, 0.1) is 11.8 Å². The van der Waals surface area contributed by atoms with Crippen LogP contribution >= 0.6 is 0 Å². The first-order valence-electron chi connectivity index (χ1n) is 7.02. The summed E-state index contributed by atoms with van der Waals surface area (Å²) in [5.74, 6) is -2.54. The van der Waals surface area contributed by atoms with Crippen LogP contribution < -0.4 is 5.32 Å². The van der Waals surface area contributed by atoms with E-state index < -0.39 is 23.8 Å². The molecule has 1 heterocycles. The molecule has 2 rings (SSSR count). The fourth-order valence-electron chi connectivity index (χ4n) is 2.96. The molecule has 1 aliphatic heterocycles. The van der Waals surface area contributed by atoms with Gasteiger partial charge in [0.2, 0.25) is 11.8 Å². The van der Waals surface area contributed by atoms with Crippen molar-refractivity contribution >= 4 is 17.8 Å². The Morgan fingerprint density at radius 3 is 2.60 bits per heavy atom. The molecule has 6 nitrogen and oxygen atoms in total. The Hall–Kier alpha value is -1.85. The number of rotatable bonds is 3. The lowest BCUT2D eigenvalue weighted by molar-refractivity contribution is -0.154. The molecule has 2 N–H and O–H groups in total. The van der Waals surface area contributed by atoms with Gasteiger partial charge in [-0.2, -0.15) is 0 Å². The highest BCUT2D eigenvalue weighted by Crippen LogP contribution is 2.29. The molecule has 20 heavy (non-hydrogen) atoms. The average Bonchev–Trinajstić information content (AvgIpc) is 2.46. The van der Waals surface area contributed by atoms with Crippen molar-refractivity contribution in [3.8, 4) is 0 Å². The summed E-state index contributed by atoms with van der Waals surface area (Å²) in [6, 6.07) is -0.475. The Morgan fingerprint density at radius 2 is 2.00 bits per heavy atom. The zero-order chi connectivity index (χ0) is 14.7. The van der Waals surface area contributed by atoms with Gasteiger partial charge in [-0.1, -0.05) is 19.1 Å². The Morgan fingerprint density at radius 1 is 1.35 bits per heavy atom. The smallest absolute Gasteiger partial charge is 0.307 e. The van der Waals surface area contributed by atoms with Gasteiger partial charge in [-0.25, -0.2) is 0 Å². The van der Waals surface area contributed by atoms with Gasteiger partial charge in [0.25, 0.3) is 0 Å². The second-order valence-corrected chi connectivity index (χ2v) is 5.24. The van der Waals surface area contributed by atoms with Crippen molar-refractivity contribution in [3.63, 3.8) is 0 Å². The van der Waals surface area contributed by atoms with E-state index in [4.69, 9.17) is 0 Å². The Labute approximate surface area is 117 Å². The number of carbonyl (C=O) groups excluding carboxylic acids is 2. The number of allylic oxidation sites excluding steroid dienone is 2. The molecular weight excluding hydrogens is 260 g/mol. The fraction of sp³-hybridized carbons (Fsp3) is 0.643. The van der Waals surface area contributed by atoms with Gasteiger partial charge >= 0.3 is 5.97 Å². The first-order chi connectivity index (χ1) is 9.56. The summed E-state index contributed by atoms with van der Waals surface area (Å²) >= 11 is 0. The Kier molecular flexibility index (Phi) is 4.42. The van der Waals surface area contributed by atoms with E-state index in [2.05, 4.69) is 5.32 Å². The van der Waals surface area contributed by atoms with Gasteiger partial charge in [-0.3, -0.25) is 14.4 Å². The van der Waals surface area contributed by atoms with Crippen molar-refractivity contribution in [2.75, 3.05) is 13.1 Å². The van der Waals surface area contributed by atoms with Gasteiger partial charge in [0, 0.05) is 13.1 Å². The molecule has 2 aliphatic rings. The number of hydrogen-bond donors (Lipinski definition) is 2. The average molecular weight is 280 g/mol. The largest absolute Gasteiger partial charge is 0.481 e. The predicted octanol–water partition coefficient (Wildman–Crippen LogP) is 0.390. The molecule has 0 bridgehead atoms. The maximum atomic E-state index is 12.6. The van der Waals surface area contributed by atoms with Crippen LogP contribution in [0.15, 0.2) is 12.2 Å². The van der Waals surface area contributed by atoms with Gasteiger partial charge in [-0.15, -0.1) is 0 Å². The first kappa shape index (κ1) is 14.6. The highest BCUT2D eigenvalue weighted by molar-refractivity contribution is 5.91. The van der Waals surface area contributed by atoms with E-state index in [0.29, 0.717) is 32.4 Å². The summed E-state index contributed by atoms with van der Waals surface area (Å²) in [5.41, 5.74) is 0. The van der Waals surface area contributed by atoms with Crippen LogP contribution in [0.2, 0.25) is 0 Å². The second kappa shape index (κ2) is 6.07. The number of nitrogens with one attached hydrogen (secondary N) is 1. The third-order valence-electron chi connectivity index (χ3n) is 4.07. The van der Waals surface area contributed by atoms with E-state index in [-0.39, 0.29) is 11.8 Å². The quantitative estimate of drug-likeness (QED) is 0.732. The minimum Gasteiger partial charge on any atom is -0.481 e. The summed E-state index contributed by atoms with van der Waals surface area (Å²) in [6.07, 6.45) is 5.01. The van der Waals surface area contributed by atoms with Crippen LogP contribution in [0.3, 0.4) is 0 Å². The van der Waals surface area contributed by atoms with E-state index in [1.165, 1.54) is 0 Å². The SMILES string of the molecule is CCC1C(=O)NCCN1C(=O)C1CC=CCC1C(=O)O. The maximum absolute atomic E-state index is 12.6. The van der Waals surface area contributed by atoms with Crippen molar-refractivity contribution < 1.29 is 19.5 Å². The molecule has 6 heteroatoms. The molecule has 2 amide bonds. The number of amides is 2. The van der Waals surface area contributed by atoms with E-state index in [9.17, 15) is 19.5 Å². The molecule has 110 valence electrons. The zero-order valence-electron chi connectivity index (χ0n) is 11.5. The summed E-state index contributed by atoms with van der Waals surface area (Å²) in [4.78, 5) is 37.3. The molecule has 0 spiro atoms. The van der Waals surface area contributed by atoms with Crippen molar-refractivity contribution in [2.45, 2.75) is 32.2 Å². The molecule has 0 aromatic rings. The number of hydrogen-bond acceptors (Lipinski definition) is 3. The number of carboxylic acid groups (broad SMARTS) is 1. The lowest BCUT2D eigenvalue weighted by atomic mass is 9.81. The summed E-state index contributed by atoms with van der Waals surface area (Å²) in [5, 5.41) is 12.0. The van der Waals surface area contributed by atoms with Crippen LogP contribution in [-0.4, -0.2) is 46.9 Å². The zero-order valence-corrected chi connectivity index (χ0v) is 11.5. The molecule has 1 fully saturated rings. The molecule has 0 radical (unpaired) electrons. The molecule has 1 saturated heterocycles. The minimum absolute atomic E-state index is 0.148. The summed E-state index contributed by atoms with van der Waals surface area (Å²) in [7, 11) is 0. The normalized spacial score (nSPS) is 29.9. The topological polar surface area (TPSA) is 86.7 Å². The minimum atomic E-state index is -0.942. The lowest BCUT2D eigenvalue weighted by Crippen LogP contribution is -2.59. The third kappa shape index (κ3) is 2.69. The number of nitrogens with zero attached hydrogens (tertiary/aromatic N) is 1. The van der Waals surface area contributed by atoms with Crippen LogP contribution in [0.5, 0.6) is 0 Å². The van der Waals surface area contributed by atoms with Gasteiger partial charge in [0.05, 0.1) is 11.8 Å². The van der Waals surface area contributed by atoms with Crippen molar-refractivity contribution in [1.82, 2.24) is 10.2 Å². The lowest BCUT2D eigenvalue weighted by Gasteiger charge is -2.38. The molecular formula is C14H20N2O4. The van der Waals surface area contributed by atoms with E-state index in [1.54, 1.807) is 4.90 Å². The fourth-order valence-corrected chi connectivity index (χ4v) is 2.96. The van der Waals surface area contributed by atoms with Gasteiger partial charge in [-0.05, 0) is 19.3 Å². The standard InChI is InChI=1S/C14H20N2O4/c1-2-11-12(17)15-7-8-16(11)13(18)9-5-3-4-6-10(9)14(19)20/h3-4,9-11H,2,5-8H2,1H3,(H,15,17)(H,19,20). The predicted molar refractivity (Wildman–Crippen MR) is 71.8 cm³/mol. The van der Waals surface area contributed by atoms with E-state index in [1.807, 2.05) is 19.1 Å². The first-order valence-corrected chi connectivity index (χ1v) is 7.02. The molecule has 3 atom stereocenters. The van der Waals surface area contributed by atoms with Crippen molar-refractivity contribution in [3.05, 3.63) is 12.2 Å². The van der Waals surface area contributed by atoms with E-state index in [0.717, 1.165) is 0 Å². The maximum Gasteiger partial charge on any atom is 0.307 e. The van der Waals surface area contributed by atoms with Crippen molar-refractivity contribution in [2.24, 2.45) is 11.8 Å². The van der Waals surface area contributed by atoms with Crippen LogP contribution in [0.4, 0.5) is 0 Å². The van der Waals surface area contributed by atoms with Crippen LogP contribution in [0.1, 0.15) is 26.2 Å². The van der Waals surface area contributed by atoms with Crippen molar-refractivity contribution in [1.29, 1.82) is 0 Å². The number of piperazine rings is 1. The molecule has 0 saturated carbocycles. The second-order valence-electron chi connectivity index (χ2n) is 5.24. The number of carbonyl (C=O) groups is 3. The van der Waals surface area contributed by atoms with Gasteiger partial charge in [0.1, 0.15) is 6.04 Å². The number of aliphatic carboxylic acids is 1.